The highest BCUT2D eigenvalue weighted by Crippen LogP contribution is 2.37. The van der Waals surface area contributed by atoms with Crippen molar-refractivity contribution >= 4 is 21.9 Å². The van der Waals surface area contributed by atoms with Crippen LogP contribution in [0.4, 0.5) is 0 Å². The second-order valence-electron chi connectivity index (χ2n) is 8.47. The maximum atomic E-state index is 6.40. The molecule has 2 nitrogen and oxygen atoms in total. The highest BCUT2D eigenvalue weighted by atomic mass is 16.5. The lowest BCUT2D eigenvalue weighted by Gasteiger charge is -2.09. The molecule has 0 fully saturated rings. The molecular formula is C27H38O2. The fourth-order valence-corrected chi connectivity index (χ4v) is 4.25. The maximum Gasteiger partial charge on any atom is 0.142 e. The van der Waals surface area contributed by atoms with E-state index in [1.807, 2.05) is 0 Å². The summed E-state index contributed by atoms with van der Waals surface area (Å²) >= 11 is 0. The van der Waals surface area contributed by atoms with Gasteiger partial charge in [0.05, 0.1) is 6.61 Å². The van der Waals surface area contributed by atoms with Crippen molar-refractivity contribution in [1.29, 1.82) is 0 Å². The van der Waals surface area contributed by atoms with E-state index >= 15 is 0 Å². The van der Waals surface area contributed by atoms with Gasteiger partial charge in [0.1, 0.15) is 16.9 Å². The van der Waals surface area contributed by atoms with Gasteiger partial charge < -0.3 is 9.15 Å². The van der Waals surface area contributed by atoms with Crippen LogP contribution in [0.15, 0.2) is 28.7 Å². The van der Waals surface area contributed by atoms with Gasteiger partial charge in [0.2, 0.25) is 0 Å². The quantitative estimate of drug-likeness (QED) is 0.287. The first-order valence-electron chi connectivity index (χ1n) is 11.7. The lowest BCUT2D eigenvalue weighted by Crippen LogP contribution is -1.98. The van der Waals surface area contributed by atoms with Crippen LogP contribution in [0.2, 0.25) is 0 Å². The van der Waals surface area contributed by atoms with Crippen LogP contribution in [-0.4, -0.2) is 6.61 Å². The highest BCUT2D eigenvalue weighted by Gasteiger charge is 2.15. The average Bonchev–Trinajstić information content (AvgIpc) is 3.11. The minimum Gasteiger partial charge on any atom is -0.493 e. The first-order chi connectivity index (χ1) is 14.2. The van der Waals surface area contributed by atoms with Crippen molar-refractivity contribution < 1.29 is 9.15 Å². The Bertz CT molecular complexity index is 919. The SMILES string of the molecule is CCCCCCCOc1ccc2c(oc3c(C)c(CCCCCC)ccc32)c1C. The molecule has 0 aliphatic heterocycles. The molecule has 2 heteroatoms. The molecule has 0 N–H and O–H groups in total. The van der Waals surface area contributed by atoms with Crippen molar-refractivity contribution in [2.75, 3.05) is 6.61 Å². The molecule has 1 aromatic heterocycles. The number of hydrogen-bond acceptors (Lipinski definition) is 2. The molecule has 2 aromatic carbocycles. The number of rotatable bonds is 12. The number of ether oxygens (including phenoxy) is 1. The van der Waals surface area contributed by atoms with Gasteiger partial charge in [-0.1, -0.05) is 70.9 Å². The van der Waals surface area contributed by atoms with Crippen molar-refractivity contribution in [3.8, 4) is 5.75 Å². The molecule has 0 spiro atoms. The van der Waals surface area contributed by atoms with Crippen LogP contribution in [0.3, 0.4) is 0 Å². The third-order valence-electron chi connectivity index (χ3n) is 6.17. The van der Waals surface area contributed by atoms with Crippen molar-refractivity contribution in [1.82, 2.24) is 0 Å². The molecular weight excluding hydrogens is 356 g/mol. The van der Waals surface area contributed by atoms with E-state index in [4.69, 9.17) is 9.15 Å². The highest BCUT2D eigenvalue weighted by molar-refractivity contribution is 6.07. The van der Waals surface area contributed by atoms with E-state index < -0.39 is 0 Å². The van der Waals surface area contributed by atoms with E-state index in [9.17, 15) is 0 Å². The Labute approximate surface area is 176 Å². The summed E-state index contributed by atoms with van der Waals surface area (Å²) in [6.45, 7) is 9.64. The van der Waals surface area contributed by atoms with Crippen LogP contribution < -0.4 is 4.74 Å². The molecule has 3 aromatic rings. The fourth-order valence-electron chi connectivity index (χ4n) is 4.25. The minimum absolute atomic E-state index is 0.789. The molecule has 0 saturated heterocycles. The van der Waals surface area contributed by atoms with Crippen LogP contribution in [0.5, 0.6) is 5.75 Å². The Morgan fingerprint density at radius 3 is 2.03 bits per heavy atom. The van der Waals surface area contributed by atoms with E-state index in [2.05, 4.69) is 52.0 Å². The van der Waals surface area contributed by atoms with Crippen molar-refractivity contribution in [2.45, 2.75) is 91.9 Å². The fraction of sp³-hybridized carbons (Fsp3) is 0.556. The Morgan fingerprint density at radius 2 is 1.31 bits per heavy atom. The van der Waals surface area contributed by atoms with E-state index in [0.717, 1.165) is 41.9 Å². The van der Waals surface area contributed by atoms with Crippen molar-refractivity contribution in [2.24, 2.45) is 0 Å². The molecule has 0 radical (unpaired) electrons. The summed E-state index contributed by atoms with van der Waals surface area (Å²) in [7, 11) is 0. The Morgan fingerprint density at radius 1 is 0.690 bits per heavy atom. The summed E-state index contributed by atoms with van der Waals surface area (Å²) in [5.74, 6) is 0.962. The second kappa shape index (κ2) is 10.7. The van der Waals surface area contributed by atoms with Gasteiger partial charge in [0, 0.05) is 16.3 Å². The van der Waals surface area contributed by atoms with Crippen LogP contribution in [0.1, 0.15) is 88.3 Å². The predicted octanol–water partition coefficient (Wildman–Crippen LogP) is 8.67. The standard InChI is InChI=1S/C27H38O2/c1-5-7-9-11-13-19-28-25-18-17-24-23-16-15-22(14-12-10-8-6-2)20(3)26(23)29-27(24)21(25)4/h15-18H,5-14,19H2,1-4H3. The van der Waals surface area contributed by atoms with Gasteiger partial charge in [-0.3, -0.25) is 0 Å². The van der Waals surface area contributed by atoms with E-state index in [1.165, 1.54) is 73.3 Å². The Balaban J connectivity index is 1.76. The van der Waals surface area contributed by atoms with E-state index in [0.29, 0.717) is 0 Å². The number of hydrogen-bond donors (Lipinski definition) is 0. The predicted molar refractivity (Wildman–Crippen MR) is 125 cm³/mol. The lowest BCUT2D eigenvalue weighted by molar-refractivity contribution is 0.302. The average molecular weight is 395 g/mol. The van der Waals surface area contributed by atoms with Crippen LogP contribution in [0.25, 0.3) is 21.9 Å². The molecule has 1 heterocycles. The van der Waals surface area contributed by atoms with Crippen LogP contribution in [0, 0.1) is 13.8 Å². The molecule has 158 valence electrons. The Hall–Kier alpha value is -1.96. The third-order valence-corrected chi connectivity index (χ3v) is 6.17. The zero-order valence-electron chi connectivity index (χ0n) is 18.9. The van der Waals surface area contributed by atoms with Gasteiger partial charge >= 0.3 is 0 Å². The third kappa shape index (κ3) is 5.15. The maximum absolute atomic E-state index is 6.40. The first kappa shape index (κ1) is 21.7. The van der Waals surface area contributed by atoms with Gasteiger partial charge in [-0.2, -0.15) is 0 Å². The molecule has 0 aliphatic carbocycles. The number of benzene rings is 2. The summed E-state index contributed by atoms with van der Waals surface area (Å²) in [6, 6.07) is 8.83. The molecule has 0 bridgehead atoms. The summed E-state index contributed by atoms with van der Waals surface area (Å²) in [5, 5.41) is 2.43. The summed E-state index contributed by atoms with van der Waals surface area (Å²) in [6.07, 6.45) is 12.6. The summed E-state index contributed by atoms with van der Waals surface area (Å²) in [4.78, 5) is 0. The molecule has 3 rings (SSSR count). The van der Waals surface area contributed by atoms with Crippen molar-refractivity contribution in [3.05, 3.63) is 41.0 Å². The van der Waals surface area contributed by atoms with Gasteiger partial charge in [0.15, 0.2) is 0 Å². The smallest absolute Gasteiger partial charge is 0.142 e. The molecule has 0 atom stereocenters. The van der Waals surface area contributed by atoms with Gasteiger partial charge in [-0.05, 0) is 56.4 Å². The van der Waals surface area contributed by atoms with Crippen molar-refractivity contribution in [3.63, 3.8) is 0 Å². The second-order valence-corrected chi connectivity index (χ2v) is 8.47. The lowest BCUT2D eigenvalue weighted by atomic mass is 9.99. The van der Waals surface area contributed by atoms with Gasteiger partial charge in [0.25, 0.3) is 0 Å². The molecule has 0 unspecified atom stereocenters. The summed E-state index contributed by atoms with van der Waals surface area (Å²) < 4.78 is 12.5. The molecule has 29 heavy (non-hydrogen) atoms. The monoisotopic (exact) mass is 394 g/mol. The normalized spacial score (nSPS) is 11.6. The Kier molecular flexibility index (Phi) is 8.03. The summed E-state index contributed by atoms with van der Waals surface area (Å²) in [5.41, 5.74) is 5.88. The number of unbranched alkanes of at least 4 members (excludes halogenated alkanes) is 7. The first-order valence-corrected chi connectivity index (χ1v) is 11.7. The number of fused-ring (bicyclic) bond motifs is 3. The molecule has 0 aliphatic rings. The van der Waals surface area contributed by atoms with Crippen LogP contribution >= 0.6 is 0 Å². The zero-order chi connectivity index (χ0) is 20.6. The largest absolute Gasteiger partial charge is 0.493 e. The molecule has 0 saturated carbocycles. The van der Waals surface area contributed by atoms with Crippen LogP contribution in [-0.2, 0) is 6.42 Å². The zero-order valence-corrected chi connectivity index (χ0v) is 18.9. The number of furan rings is 1. The van der Waals surface area contributed by atoms with E-state index in [1.54, 1.807) is 0 Å². The topological polar surface area (TPSA) is 22.4 Å². The van der Waals surface area contributed by atoms with Gasteiger partial charge in [-0.25, -0.2) is 0 Å². The molecule has 0 amide bonds. The van der Waals surface area contributed by atoms with Gasteiger partial charge in [-0.15, -0.1) is 0 Å². The van der Waals surface area contributed by atoms with E-state index in [-0.39, 0.29) is 0 Å². The minimum atomic E-state index is 0.789. The number of aryl methyl sites for hydroxylation is 3.